The van der Waals surface area contributed by atoms with Gasteiger partial charge in [-0.15, -0.1) is 16.9 Å². The zero-order valence-electron chi connectivity index (χ0n) is 8.97. The van der Waals surface area contributed by atoms with Crippen LogP contribution in [0.25, 0.3) is 0 Å². The Labute approximate surface area is 103 Å². The quantitative estimate of drug-likeness (QED) is 0.460. The number of thioether (sulfide) groups is 1. The van der Waals surface area contributed by atoms with Gasteiger partial charge in [0.1, 0.15) is 5.03 Å². The Morgan fingerprint density at radius 3 is 3.06 bits per heavy atom. The maximum absolute atomic E-state index is 10.8. The minimum absolute atomic E-state index is 0.161. The van der Waals surface area contributed by atoms with Gasteiger partial charge in [-0.25, -0.2) is 4.79 Å². The second kappa shape index (κ2) is 8.23. The van der Waals surface area contributed by atoms with E-state index in [2.05, 4.69) is 20.2 Å². The van der Waals surface area contributed by atoms with Crippen LogP contribution in [0.15, 0.2) is 23.4 Å². The van der Waals surface area contributed by atoms with Crippen LogP contribution < -0.4 is 10.0 Å². The lowest BCUT2D eigenvalue weighted by Crippen LogP contribution is -2.27. The molecule has 0 radical (unpaired) electrons. The molecule has 16 heavy (non-hydrogen) atoms. The number of urea groups is 1. The van der Waals surface area contributed by atoms with Crippen molar-refractivity contribution in [1.82, 2.24) is 20.2 Å². The van der Waals surface area contributed by atoms with Crippen LogP contribution in [-0.2, 0) is 0 Å². The molecule has 0 spiro atoms. The number of nitrogens with one attached hydrogen (secondary N) is 2. The van der Waals surface area contributed by atoms with Crippen molar-refractivity contribution >= 4 is 29.7 Å². The monoisotopic (exact) mass is 258 g/mol. The molecule has 1 aromatic rings. The van der Waals surface area contributed by atoms with Crippen molar-refractivity contribution in [2.45, 2.75) is 11.4 Å². The van der Waals surface area contributed by atoms with E-state index in [-0.39, 0.29) is 6.03 Å². The van der Waals surface area contributed by atoms with Gasteiger partial charge >= 0.3 is 6.03 Å². The Hall–Kier alpha value is -0.950. The molecular weight excluding hydrogens is 244 g/mol. The summed E-state index contributed by atoms with van der Waals surface area (Å²) in [5, 5.41) is 11.2. The summed E-state index contributed by atoms with van der Waals surface area (Å²) in [5.41, 5.74) is 0. The van der Waals surface area contributed by atoms with E-state index >= 15 is 0 Å². The molecule has 0 aliphatic rings. The van der Waals surface area contributed by atoms with E-state index in [1.165, 1.54) is 11.9 Å². The number of hydrogen-bond donors (Lipinski definition) is 2. The van der Waals surface area contributed by atoms with Crippen LogP contribution in [0.5, 0.6) is 0 Å². The lowest BCUT2D eigenvalue weighted by molar-refractivity contribution is 0.248. The molecule has 0 fully saturated rings. The van der Waals surface area contributed by atoms with Crippen LogP contribution in [0.4, 0.5) is 4.79 Å². The molecule has 0 atom stereocenters. The molecular formula is C9H14N4OS2. The van der Waals surface area contributed by atoms with Gasteiger partial charge in [-0.05, 0) is 30.5 Å². The van der Waals surface area contributed by atoms with Crippen LogP contribution in [0.3, 0.4) is 0 Å². The van der Waals surface area contributed by atoms with E-state index in [4.69, 9.17) is 0 Å². The number of hydrogen-bond acceptors (Lipinski definition) is 5. The van der Waals surface area contributed by atoms with Gasteiger partial charge in [0, 0.05) is 24.8 Å². The van der Waals surface area contributed by atoms with Gasteiger partial charge in [0.2, 0.25) is 0 Å². The van der Waals surface area contributed by atoms with Crippen LogP contribution >= 0.6 is 23.7 Å². The van der Waals surface area contributed by atoms with Crippen LogP contribution in [0.1, 0.15) is 6.42 Å². The van der Waals surface area contributed by atoms with E-state index in [0.717, 1.165) is 23.0 Å². The van der Waals surface area contributed by atoms with Gasteiger partial charge in [0.25, 0.3) is 0 Å². The first-order valence-corrected chi connectivity index (χ1v) is 6.80. The molecule has 1 heterocycles. The molecule has 2 N–H and O–H groups in total. The molecule has 0 unspecified atom stereocenters. The van der Waals surface area contributed by atoms with Gasteiger partial charge in [-0.1, -0.05) is 0 Å². The number of rotatable bonds is 6. The number of carbonyl (C=O) groups excluding carboxylic acids is 1. The first-order valence-electron chi connectivity index (χ1n) is 4.83. The normalized spacial score (nSPS) is 9.81. The highest BCUT2D eigenvalue weighted by molar-refractivity contribution is 7.99. The van der Waals surface area contributed by atoms with Gasteiger partial charge in [0.15, 0.2) is 0 Å². The van der Waals surface area contributed by atoms with Crippen molar-refractivity contribution in [2.24, 2.45) is 0 Å². The van der Waals surface area contributed by atoms with Crippen molar-refractivity contribution in [3.63, 3.8) is 0 Å². The van der Waals surface area contributed by atoms with Crippen molar-refractivity contribution < 1.29 is 4.79 Å². The van der Waals surface area contributed by atoms with E-state index in [1.54, 1.807) is 25.0 Å². The maximum atomic E-state index is 10.8. The molecule has 0 aliphatic heterocycles. The fourth-order valence-electron chi connectivity index (χ4n) is 0.840. The first kappa shape index (κ1) is 13.1. The SMILES string of the molecule is CNC(=O)NSCCCSc1cccnn1. The summed E-state index contributed by atoms with van der Waals surface area (Å²) in [6.07, 6.45) is 2.67. The summed E-state index contributed by atoms with van der Waals surface area (Å²) < 4.78 is 2.66. The standard InChI is InChI=1S/C9H14N4OS2/c1-10-9(14)13-16-7-3-6-15-8-4-2-5-11-12-8/h2,4-5H,3,6-7H2,1H3,(H2,10,13,14). The highest BCUT2D eigenvalue weighted by Gasteiger charge is 1.97. The second-order valence-corrected chi connectivity index (χ2v) is 4.81. The zero-order chi connectivity index (χ0) is 11.6. The highest BCUT2D eigenvalue weighted by Crippen LogP contribution is 2.14. The van der Waals surface area contributed by atoms with Gasteiger partial charge < -0.3 is 5.32 Å². The van der Waals surface area contributed by atoms with Crippen LogP contribution in [-0.4, -0.2) is 34.8 Å². The first-order chi connectivity index (χ1) is 7.83. The third-order valence-electron chi connectivity index (χ3n) is 1.58. The third-order valence-corrected chi connectivity index (χ3v) is 3.41. The molecule has 1 rings (SSSR count). The van der Waals surface area contributed by atoms with Crippen LogP contribution in [0.2, 0.25) is 0 Å². The molecule has 0 aromatic carbocycles. The maximum Gasteiger partial charge on any atom is 0.324 e. The Morgan fingerprint density at radius 1 is 1.50 bits per heavy atom. The summed E-state index contributed by atoms with van der Waals surface area (Å²) in [4.78, 5) is 10.8. The summed E-state index contributed by atoms with van der Waals surface area (Å²) in [6, 6.07) is 3.65. The molecule has 1 aromatic heterocycles. The fourth-order valence-corrected chi connectivity index (χ4v) is 2.42. The molecule has 7 heteroatoms. The molecule has 0 aliphatic carbocycles. The number of amides is 2. The average molecular weight is 258 g/mol. The molecule has 88 valence electrons. The number of aromatic nitrogens is 2. The Balaban J connectivity index is 1.98. The van der Waals surface area contributed by atoms with Gasteiger partial charge in [-0.2, -0.15) is 5.10 Å². The van der Waals surface area contributed by atoms with E-state index < -0.39 is 0 Å². The lowest BCUT2D eigenvalue weighted by Gasteiger charge is -2.02. The van der Waals surface area contributed by atoms with Gasteiger partial charge in [-0.3, -0.25) is 4.72 Å². The van der Waals surface area contributed by atoms with Crippen molar-refractivity contribution in [3.8, 4) is 0 Å². The van der Waals surface area contributed by atoms with E-state index in [1.807, 2.05) is 12.1 Å². The average Bonchev–Trinajstić information content (AvgIpc) is 2.34. The highest BCUT2D eigenvalue weighted by atomic mass is 32.2. The number of carbonyl (C=O) groups is 1. The van der Waals surface area contributed by atoms with E-state index in [9.17, 15) is 4.79 Å². The Bertz CT molecular complexity index is 310. The fraction of sp³-hybridized carbons (Fsp3) is 0.444. The molecule has 0 saturated carbocycles. The van der Waals surface area contributed by atoms with Crippen LogP contribution in [0, 0.1) is 0 Å². The predicted molar refractivity (Wildman–Crippen MR) is 67.4 cm³/mol. The smallest absolute Gasteiger partial charge is 0.324 e. The second-order valence-electron chi connectivity index (χ2n) is 2.79. The molecule has 0 saturated heterocycles. The Morgan fingerprint density at radius 2 is 2.38 bits per heavy atom. The summed E-state index contributed by atoms with van der Waals surface area (Å²) in [6.45, 7) is 0. The third kappa shape index (κ3) is 5.82. The van der Waals surface area contributed by atoms with E-state index in [0.29, 0.717) is 0 Å². The summed E-state index contributed by atoms with van der Waals surface area (Å²) in [7, 11) is 1.60. The summed E-state index contributed by atoms with van der Waals surface area (Å²) in [5.74, 6) is 1.86. The topological polar surface area (TPSA) is 66.9 Å². The minimum atomic E-state index is -0.161. The number of nitrogens with zero attached hydrogens (tertiary/aromatic N) is 2. The molecule has 0 bridgehead atoms. The van der Waals surface area contributed by atoms with Crippen molar-refractivity contribution in [2.75, 3.05) is 18.6 Å². The van der Waals surface area contributed by atoms with Crippen molar-refractivity contribution in [3.05, 3.63) is 18.3 Å². The zero-order valence-corrected chi connectivity index (χ0v) is 10.6. The molecule has 2 amide bonds. The largest absolute Gasteiger partial charge is 0.341 e. The molecule has 5 nitrogen and oxygen atoms in total. The van der Waals surface area contributed by atoms with Gasteiger partial charge in [0.05, 0.1) is 0 Å². The summed E-state index contributed by atoms with van der Waals surface area (Å²) >= 11 is 3.08. The lowest BCUT2D eigenvalue weighted by atomic mass is 10.6. The predicted octanol–water partition coefficient (Wildman–Crippen LogP) is 1.54. The Kier molecular flexibility index (Phi) is 6.75. The van der Waals surface area contributed by atoms with Crippen molar-refractivity contribution in [1.29, 1.82) is 0 Å². The minimum Gasteiger partial charge on any atom is -0.341 e.